The Morgan fingerprint density at radius 2 is 1.78 bits per heavy atom. The Morgan fingerprint density at radius 1 is 1.06 bits per heavy atom. The second-order valence-corrected chi connectivity index (χ2v) is 8.95. The SMILES string of the molecule is CN1C(=O)c2ccc(NC(=O)COC(=O)CCNS(=O)(=O)c3cccc(Cl)c3)cc2C1=O. The number of ether oxygens (including phenoxy) is 1. The lowest BCUT2D eigenvalue weighted by atomic mass is 10.1. The smallest absolute Gasteiger partial charge is 0.307 e. The first-order chi connectivity index (χ1) is 15.1. The van der Waals surface area contributed by atoms with E-state index in [2.05, 4.69) is 10.0 Å². The number of hydrogen-bond acceptors (Lipinski definition) is 7. The number of esters is 1. The molecule has 0 aliphatic carbocycles. The fourth-order valence-corrected chi connectivity index (χ4v) is 4.19. The average Bonchev–Trinajstić information content (AvgIpc) is 2.96. The van der Waals surface area contributed by atoms with Crippen LogP contribution in [-0.4, -0.2) is 57.2 Å². The number of nitrogens with one attached hydrogen (secondary N) is 2. The number of anilines is 1. The van der Waals surface area contributed by atoms with Crippen molar-refractivity contribution in [3.8, 4) is 0 Å². The highest BCUT2D eigenvalue weighted by Gasteiger charge is 2.32. The van der Waals surface area contributed by atoms with Gasteiger partial charge in [0.15, 0.2) is 6.61 Å². The van der Waals surface area contributed by atoms with E-state index in [4.69, 9.17) is 16.3 Å². The Bertz CT molecular complexity index is 1210. The highest BCUT2D eigenvalue weighted by Crippen LogP contribution is 2.24. The van der Waals surface area contributed by atoms with Crippen LogP contribution in [0.4, 0.5) is 5.69 Å². The molecule has 3 rings (SSSR count). The molecule has 2 N–H and O–H groups in total. The lowest BCUT2D eigenvalue weighted by Gasteiger charge is -2.09. The Labute approximate surface area is 188 Å². The van der Waals surface area contributed by atoms with Gasteiger partial charge in [-0.05, 0) is 36.4 Å². The fourth-order valence-electron chi connectivity index (χ4n) is 2.86. The zero-order chi connectivity index (χ0) is 23.5. The van der Waals surface area contributed by atoms with E-state index in [1.54, 1.807) is 0 Å². The van der Waals surface area contributed by atoms with Crippen LogP contribution in [0.1, 0.15) is 27.1 Å². The van der Waals surface area contributed by atoms with E-state index >= 15 is 0 Å². The van der Waals surface area contributed by atoms with Gasteiger partial charge in [0, 0.05) is 24.3 Å². The van der Waals surface area contributed by atoms with Crippen molar-refractivity contribution in [3.63, 3.8) is 0 Å². The second-order valence-electron chi connectivity index (χ2n) is 6.74. The number of imide groups is 1. The molecule has 1 aliphatic heterocycles. The van der Waals surface area contributed by atoms with Crippen LogP contribution in [0.25, 0.3) is 0 Å². The Morgan fingerprint density at radius 3 is 2.50 bits per heavy atom. The van der Waals surface area contributed by atoms with Crippen molar-refractivity contribution in [2.45, 2.75) is 11.3 Å². The molecule has 2 aromatic rings. The van der Waals surface area contributed by atoms with Gasteiger partial charge in [-0.1, -0.05) is 17.7 Å². The molecule has 0 bridgehead atoms. The number of fused-ring (bicyclic) bond motifs is 1. The summed E-state index contributed by atoms with van der Waals surface area (Å²) in [6.45, 7) is -0.840. The molecule has 3 amide bonds. The summed E-state index contributed by atoms with van der Waals surface area (Å²) in [5.41, 5.74) is 0.664. The van der Waals surface area contributed by atoms with Gasteiger partial charge in [-0.3, -0.25) is 24.1 Å². The van der Waals surface area contributed by atoms with Gasteiger partial charge < -0.3 is 10.1 Å². The predicted molar refractivity (Wildman–Crippen MR) is 114 cm³/mol. The number of benzene rings is 2. The minimum absolute atomic E-state index is 0.0431. The van der Waals surface area contributed by atoms with E-state index in [9.17, 15) is 27.6 Å². The average molecular weight is 480 g/mol. The van der Waals surface area contributed by atoms with Crippen molar-refractivity contribution < 1.29 is 32.3 Å². The molecule has 0 saturated carbocycles. The first kappa shape index (κ1) is 23.4. The summed E-state index contributed by atoms with van der Waals surface area (Å²) in [5.74, 6) is -2.36. The maximum atomic E-state index is 12.1. The van der Waals surface area contributed by atoms with Gasteiger partial charge in [-0.2, -0.15) is 0 Å². The summed E-state index contributed by atoms with van der Waals surface area (Å²) in [5, 5.41) is 2.72. The van der Waals surface area contributed by atoms with Crippen molar-refractivity contribution in [1.82, 2.24) is 9.62 Å². The number of carbonyl (C=O) groups excluding carboxylic acids is 4. The lowest BCUT2D eigenvalue weighted by molar-refractivity contribution is -0.147. The molecule has 0 radical (unpaired) electrons. The van der Waals surface area contributed by atoms with E-state index in [0.717, 1.165) is 4.90 Å². The molecule has 32 heavy (non-hydrogen) atoms. The number of rotatable bonds is 8. The number of hydrogen-bond donors (Lipinski definition) is 2. The lowest BCUT2D eigenvalue weighted by Crippen LogP contribution is -2.28. The Hall–Kier alpha value is -3.28. The summed E-state index contributed by atoms with van der Waals surface area (Å²) < 4.78 is 31.4. The summed E-state index contributed by atoms with van der Waals surface area (Å²) in [6, 6.07) is 9.88. The third-order valence-corrected chi connectivity index (χ3v) is 6.16. The van der Waals surface area contributed by atoms with Crippen LogP contribution in [0.2, 0.25) is 5.02 Å². The molecule has 1 aliphatic rings. The van der Waals surface area contributed by atoms with E-state index in [-0.39, 0.29) is 39.7 Å². The number of nitrogens with zero attached hydrogens (tertiary/aromatic N) is 1. The van der Waals surface area contributed by atoms with Gasteiger partial charge in [0.1, 0.15) is 0 Å². The van der Waals surface area contributed by atoms with Gasteiger partial charge in [0.05, 0.1) is 22.4 Å². The van der Waals surface area contributed by atoms with E-state index in [1.165, 1.54) is 49.5 Å². The van der Waals surface area contributed by atoms with E-state index < -0.39 is 40.3 Å². The Kier molecular flexibility index (Phi) is 6.92. The standard InChI is InChI=1S/C20H18ClN3O7S/c1-24-19(27)15-6-5-13(10-16(15)20(24)28)23-17(25)11-31-18(26)7-8-22-32(29,30)14-4-2-3-12(21)9-14/h2-6,9-10,22H,7-8,11H2,1H3,(H,23,25). The maximum absolute atomic E-state index is 12.1. The van der Waals surface area contributed by atoms with Crippen LogP contribution in [0.15, 0.2) is 47.4 Å². The summed E-state index contributed by atoms with van der Waals surface area (Å²) in [4.78, 5) is 48.6. The largest absolute Gasteiger partial charge is 0.456 e. The van der Waals surface area contributed by atoms with Gasteiger partial charge >= 0.3 is 5.97 Å². The third-order valence-electron chi connectivity index (χ3n) is 4.47. The van der Waals surface area contributed by atoms with Crippen LogP contribution in [-0.2, 0) is 24.3 Å². The summed E-state index contributed by atoms with van der Waals surface area (Å²) >= 11 is 5.77. The third kappa shape index (κ3) is 5.31. The van der Waals surface area contributed by atoms with Crippen LogP contribution < -0.4 is 10.0 Å². The van der Waals surface area contributed by atoms with Gasteiger partial charge in [-0.25, -0.2) is 13.1 Å². The van der Waals surface area contributed by atoms with E-state index in [0.29, 0.717) is 0 Å². The molecule has 168 valence electrons. The molecular weight excluding hydrogens is 462 g/mol. The Balaban J connectivity index is 1.45. The van der Waals surface area contributed by atoms with Crippen LogP contribution in [0, 0.1) is 0 Å². The monoisotopic (exact) mass is 479 g/mol. The van der Waals surface area contributed by atoms with Crippen molar-refractivity contribution in [2.24, 2.45) is 0 Å². The summed E-state index contributed by atoms with van der Waals surface area (Å²) in [6.07, 6.45) is -0.297. The van der Waals surface area contributed by atoms with Crippen molar-refractivity contribution >= 4 is 51.0 Å². The topological polar surface area (TPSA) is 139 Å². The highest BCUT2D eigenvalue weighted by atomic mass is 35.5. The normalized spacial score (nSPS) is 13.1. The minimum Gasteiger partial charge on any atom is -0.456 e. The molecular formula is C20H18ClN3O7S. The first-order valence-corrected chi connectivity index (χ1v) is 11.1. The highest BCUT2D eigenvalue weighted by molar-refractivity contribution is 7.89. The van der Waals surface area contributed by atoms with Crippen molar-refractivity contribution in [3.05, 3.63) is 58.6 Å². The molecule has 0 fully saturated rings. The van der Waals surface area contributed by atoms with E-state index in [1.807, 2.05) is 0 Å². The molecule has 0 aromatic heterocycles. The minimum atomic E-state index is -3.84. The van der Waals surface area contributed by atoms with Crippen LogP contribution >= 0.6 is 11.6 Å². The molecule has 2 aromatic carbocycles. The van der Waals surface area contributed by atoms with Crippen LogP contribution in [0.5, 0.6) is 0 Å². The predicted octanol–water partition coefficient (Wildman–Crippen LogP) is 1.42. The number of amides is 3. The number of halogens is 1. The zero-order valence-corrected chi connectivity index (χ0v) is 18.3. The van der Waals surface area contributed by atoms with Crippen molar-refractivity contribution in [1.29, 1.82) is 0 Å². The molecule has 0 atom stereocenters. The zero-order valence-electron chi connectivity index (χ0n) is 16.8. The number of carbonyl (C=O) groups is 4. The van der Waals surface area contributed by atoms with Crippen molar-refractivity contribution in [2.75, 3.05) is 25.5 Å². The molecule has 10 nitrogen and oxygen atoms in total. The van der Waals surface area contributed by atoms with Crippen LogP contribution in [0.3, 0.4) is 0 Å². The molecule has 1 heterocycles. The maximum Gasteiger partial charge on any atom is 0.307 e. The first-order valence-electron chi connectivity index (χ1n) is 9.25. The number of sulfonamides is 1. The quantitative estimate of drug-likeness (QED) is 0.431. The molecule has 0 saturated heterocycles. The fraction of sp³-hybridized carbons (Fsp3) is 0.200. The van der Waals surface area contributed by atoms with Gasteiger partial charge in [-0.15, -0.1) is 0 Å². The second kappa shape index (κ2) is 9.47. The molecule has 0 unspecified atom stereocenters. The molecule has 0 spiro atoms. The molecule has 12 heteroatoms. The van der Waals surface area contributed by atoms with Gasteiger partial charge in [0.2, 0.25) is 10.0 Å². The van der Waals surface area contributed by atoms with Gasteiger partial charge in [0.25, 0.3) is 17.7 Å². The summed E-state index contributed by atoms with van der Waals surface area (Å²) in [7, 11) is -2.49.